The number of carbonyl (C=O) groups excluding carboxylic acids is 1. The van der Waals surface area contributed by atoms with Crippen LogP contribution in [-0.2, 0) is 11.8 Å². The van der Waals surface area contributed by atoms with Gasteiger partial charge in [0.15, 0.2) is 11.0 Å². The maximum Gasteiger partial charge on any atom is 0.295 e. The van der Waals surface area contributed by atoms with E-state index in [2.05, 4.69) is 15.5 Å². The summed E-state index contributed by atoms with van der Waals surface area (Å²) in [5, 5.41) is 11.3. The second-order valence-corrected chi connectivity index (χ2v) is 9.88. The summed E-state index contributed by atoms with van der Waals surface area (Å²) >= 11 is 1.25. The molecule has 1 N–H and O–H groups in total. The highest BCUT2D eigenvalue weighted by atomic mass is 32.2. The van der Waals surface area contributed by atoms with Gasteiger partial charge in [-0.15, -0.1) is 10.2 Å². The number of nitrogens with zero attached hydrogens (tertiary/aromatic N) is 5. The van der Waals surface area contributed by atoms with E-state index in [1.165, 1.54) is 22.5 Å². The van der Waals surface area contributed by atoms with Crippen LogP contribution >= 0.6 is 11.8 Å². The third-order valence-corrected chi connectivity index (χ3v) is 7.20. The van der Waals surface area contributed by atoms with Gasteiger partial charge in [0.2, 0.25) is 5.91 Å². The van der Waals surface area contributed by atoms with Crippen molar-refractivity contribution in [3.8, 4) is 17.1 Å². The van der Waals surface area contributed by atoms with Crippen LogP contribution in [0.1, 0.15) is 31.5 Å². The first-order valence-corrected chi connectivity index (χ1v) is 12.3. The van der Waals surface area contributed by atoms with Crippen LogP contribution in [0.25, 0.3) is 17.1 Å². The predicted octanol–water partition coefficient (Wildman–Crippen LogP) is 4.34. The highest BCUT2D eigenvalue weighted by molar-refractivity contribution is 8.00. The third-order valence-electron chi connectivity index (χ3n) is 6.15. The van der Waals surface area contributed by atoms with Crippen LogP contribution in [0.15, 0.2) is 64.5 Å². The Labute approximate surface area is 205 Å². The summed E-state index contributed by atoms with van der Waals surface area (Å²) in [6, 6.07) is 15.9. The van der Waals surface area contributed by atoms with E-state index in [0.717, 1.165) is 12.8 Å². The molecule has 10 heteroatoms. The van der Waals surface area contributed by atoms with E-state index in [4.69, 9.17) is 0 Å². The van der Waals surface area contributed by atoms with Gasteiger partial charge in [-0.1, -0.05) is 42.1 Å². The summed E-state index contributed by atoms with van der Waals surface area (Å²) in [6.07, 6.45) is 1.91. The summed E-state index contributed by atoms with van der Waals surface area (Å²) in [5.74, 6) is -0.220. The summed E-state index contributed by atoms with van der Waals surface area (Å²) < 4.78 is 19.6. The Morgan fingerprint density at radius 1 is 1.11 bits per heavy atom. The van der Waals surface area contributed by atoms with Gasteiger partial charge in [0.1, 0.15) is 11.5 Å². The highest BCUT2D eigenvalue weighted by Gasteiger charge is 2.32. The van der Waals surface area contributed by atoms with Gasteiger partial charge in [0.05, 0.1) is 22.2 Å². The molecule has 1 atom stereocenters. The van der Waals surface area contributed by atoms with Gasteiger partial charge in [-0.05, 0) is 51.0 Å². The molecule has 2 heterocycles. The molecule has 1 fully saturated rings. The molecular formula is C25H25FN6O2S. The fraction of sp³-hybridized carbons (Fsp3) is 0.280. The number of aromatic nitrogens is 5. The fourth-order valence-corrected chi connectivity index (χ4v) is 4.91. The Balaban J connectivity index is 1.39. The fourth-order valence-electron chi connectivity index (χ4n) is 3.99. The Morgan fingerprint density at radius 3 is 2.49 bits per heavy atom. The van der Waals surface area contributed by atoms with Crippen molar-refractivity contribution in [1.82, 2.24) is 24.1 Å². The molecule has 1 aliphatic carbocycles. The second kappa shape index (κ2) is 9.18. The molecule has 0 radical (unpaired) electrons. The van der Waals surface area contributed by atoms with Crippen LogP contribution in [0.3, 0.4) is 0 Å². The molecular weight excluding hydrogens is 467 g/mol. The van der Waals surface area contributed by atoms with Gasteiger partial charge >= 0.3 is 0 Å². The van der Waals surface area contributed by atoms with Crippen molar-refractivity contribution < 1.29 is 9.18 Å². The SMILES string of the molecule is Cc1c(NC(=O)C(C)Sc2nnc(-c3ccccc3F)n2C2CC2)c(=O)n(-c2ccccc2)n1C. The van der Waals surface area contributed by atoms with Crippen LogP contribution in [0, 0.1) is 12.7 Å². The Hall–Kier alpha value is -3.66. The Bertz CT molecular complexity index is 1450. The zero-order valence-electron chi connectivity index (χ0n) is 19.6. The number of anilines is 1. The van der Waals surface area contributed by atoms with E-state index >= 15 is 0 Å². The number of benzene rings is 2. The van der Waals surface area contributed by atoms with Crippen molar-refractivity contribution in [2.24, 2.45) is 7.05 Å². The monoisotopic (exact) mass is 492 g/mol. The third kappa shape index (κ3) is 4.29. The van der Waals surface area contributed by atoms with Gasteiger partial charge in [0.25, 0.3) is 5.56 Å². The lowest BCUT2D eigenvalue weighted by molar-refractivity contribution is -0.115. The minimum Gasteiger partial charge on any atom is -0.319 e. The van der Waals surface area contributed by atoms with E-state index in [1.54, 1.807) is 43.8 Å². The first-order valence-electron chi connectivity index (χ1n) is 11.4. The Morgan fingerprint density at radius 2 is 1.80 bits per heavy atom. The molecule has 5 rings (SSSR count). The molecule has 0 bridgehead atoms. The van der Waals surface area contributed by atoms with Crippen LogP contribution in [0.4, 0.5) is 10.1 Å². The molecule has 35 heavy (non-hydrogen) atoms. The smallest absolute Gasteiger partial charge is 0.295 e. The lowest BCUT2D eigenvalue weighted by Gasteiger charge is -2.13. The predicted molar refractivity (Wildman–Crippen MR) is 133 cm³/mol. The summed E-state index contributed by atoms with van der Waals surface area (Å²) in [5.41, 5.74) is 1.68. The zero-order chi connectivity index (χ0) is 24.7. The molecule has 2 aromatic carbocycles. The molecule has 1 aliphatic rings. The molecule has 8 nitrogen and oxygen atoms in total. The maximum atomic E-state index is 14.4. The van der Waals surface area contributed by atoms with Gasteiger partial charge in [-0.25, -0.2) is 9.07 Å². The number of amides is 1. The number of nitrogens with one attached hydrogen (secondary N) is 1. The summed E-state index contributed by atoms with van der Waals surface area (Å²) in [4.78, 5) is 26.2. The number of para-hydroxylation sites is 1. The molecule has 0 saturated heterocycles. The largest absolute Gasteiger partial charge is 0.319 e. The average molecular weight is 493 g/mol. The highest BCUT2D eigenvalue weighted by Crippen LogP contribution is 2.42. The van der Waals surface area contributed by atoms with Crippen LogP contribution in [0.2, 0.25) is 0 Å². The lowest BCUT2D eigenvalue weighted by Crippen LogP contribution is -2.27. The molecule has 2 aromatic heterocycles. The van der Waals surface area contributed by atoms with Crippen molar-refractivity contribution in [3.63, 3.8) is 0 Å². The van der Waals surface area contributed by atoms with Crippen molar-refractivity contribution in [2.45, 2.75) is 43.1 Å². The molecule has 4 aromatic rings. The van der Waals surface area contributed by atoms with Crippen molar-refractivity contribution >= 4 is 23.4 Å². The van der Waals surface area contributed by atoms with Crippen LogP contribution < -0.4 is 10.9 Å². The lowest BCUT2D eigenvalue weighted by atomic mass is 10.2. The van der Waals surface area contributed by atoms with Crippen LogP contribution in [0.5, 0.6) is 0 Å². The zero-order valence-corrected chi connectivity index (χ0v) is 20.4. The van der Waals surface area contributed by atoms with Crippen molar-refractivity contribution in [3.05, 3.63) is 76.5 Å². The Kier molecular flexibility index (Phi) is 6.06. The standard InChI is InChI=1S/C25H25FN6O2S/c1-15-21(24(34)32(30(15)3)18-9-5-4-6-10-18)27-23(33)16(2)35-25-29-28-22(31(25)17-13-14-17)19-11-7-8-12-20(19)26/h4-12,16-17H,13-14H2,1-3H3,(H,27,33). The van der Waals surface area contributed by atoms with Crippen molar-refractivity contribution in [1.29, 1.82) is 0 Å². The number of hydrogen-bond donors (Lipinski definition) is 1. The van der Waals surface area contributed by atoms with E-state index in [9.17, 15) is 14.0 Å². The molecule has 1 amide bonds. The molecule has 1 unspecified atom stereocenters. The quantitative estimate of drug-likeness (QED) is 0.388. The molecule has 180 valence electrons. The summed E-state index contributed by atoms with van der Waals surface area (Å²) in [7, 11) is 1.78. The normalized spacial score (nSPS) is 14.2. The number of halogens is 1. The van der Waals surface area contributed by atoms with Crippen LogP contribution in [-0.4, -0.2) is 35.3 Å². The van der Waals surface area contributed by atoms with E-state index in [0.29, 0.717) is 27.9 Å². The number of rotatable bonds is 7. The van der Waals surface area contributed by atoms with E-state index < -0.39 is 5.25 Å². The molecule has 1 saturated carbocycles. The molecule has 0 aliphatic heterocycles. The number of thioether (sulfide) groups is 1. The number of carbonyl (C=O) groups is 1. The first-order chi connectivity index (χ1) is 16.9. The summed E-state index contributed by atoms with van der Waals surface area (Å²) in [6.45, 7) is 3.54. The van der Waals surface area contributed by atoms with Gasteiger partial charge in [0, 0.05) is 13.1 Å². The van der Waals surface area contributed by atoms with Gasteiger partial charge in [-0.2, -0.15) is 0 Å². The van der Waals surface area contributed by atoms with E-state index in [1.807, 2.05) is 34.9 Å². The average Bonchev–Trinajstić information content (AvgIpc) is 3.58. The minimum atomic E-state index is -0.561. The van der Waals surface area contributed by atoms with Gasteiger partial charge in [-0.3, -0.25) is 18.8 Å². The minimum absolute atomic E-state index is 0.187. The van der Waals surface area contributed by atoms with Crippen molar-refractivity contribution in [2.75, 3.05) is 5.32 Å². The topological polar surface area (TPSA) is 86.7 Å². The number of hydrogen-bond acceptors (Lipinski definition) is 5. The second-order valence-electron chi connectivity index (χ2n) is 8.57. The first kappa shape index (κ1) is 23.1. The van der Waals surface area contributed by atoms with E-state index in [-0.39, 0.29) is 29.0 Å². The van der Waals surface area contributed by atoms with Gasteiger partial charge < -0.3 is 5.32 Å². The molecule has 0 spiro atoms. The maximum absolute atomic E-state index is 14.4.